The second-order valence-electron chi connectivity index (χ2n) is 19.1. The Morgan fingerprint density at radius 1 is 0.291 bits per heavy atom. The Balaban J connectivity index is 0.000000128. The molecule has 13 nitrogen and oxygen atoms in total. The molecule has 0 radical (unpaired) electrons. The van der Waals surface area contributed by atoms with Crippen LogP contribution < -0.4 is 22.5 Å². The molecule has 0 unspecified atom stereocenters. The molecule has 0 fully saturated rings. The quantitative estimate of drug-likeness (QED) is 0.104. The van der Waals surface area contributed by atoms with E-state index in [1.54, 1.807) is 44.2 Å². The zero-order valence-corrected chi connectivity index (χ0v) is 43.7. The van der Waals surface area contributed by atoms with Gasteiger partial charge in [0, 0.05) is 22.3 Å². The molecule has 4 aromatic heterocycles. The number of rotatable bonds is 4. The normalized spacial score (nSPS) is 10.9. The van der Waals surface area contributed by atoms with Crippen LogP contribution in [0.5, 0.6) is 28.7 Å². The van der Waals surface area contributed by atoms with Crippen LogP contribution in [-0.2, 0) is 0 Å². The van der Waals surface area contributed by atoms with Crippen LogP contribution in [0, 0.1) is 41.5 Å². The molecule has 0 aliphatic rings. The monoisotopic (exact) mass is 1050 g/mol. The fourth-order valence-corrected chi connectivity index (χ4v) is 8.96. The fourth-order valence-electron chi connectivity index (χ4n) is 8.96. The van der Waals surface area contributed by atoms with Crippen molar-refractivity contribution in [3.8, 4) is 74.0 Å². The Morgan fingerprint density at radius 2 is 0.658 bits per heavy atom. The molecule has 5 N–H and O–H groups in total. The van der Waals surface area contributed by atoms with Gasteiger partial charge in [-0.05, 0) is 170 Å². The van der Waals surface area contributed by atoms with E-state index in [4.69, 9.17) is 17.7 Å². The Labute approximate surface area is 451 Å². The lowest BCUT2D eigenvalue weighted by atomic mass is 10.0. The summed E-state index contributed by atoms with van der Waals surface area (Å²) in [5, 5.41) is 52.0. The number of hydrogen-bond acceptors (Lipinski definition) is 13. The van der Waals surface area contributed by atoms with Crippen molar-refractivity contribution in [1.29, 1.82) is 0 Å². The van der Waals surface area contributed by atoms with Gasteiger partial charge in [0.1, 0.15) is 40.3 Å². The number of phenolic OH excluding ortho intramolecular Hbond substituents is 5. The topological polar surface area (TPSA) is 222 Å². The summed E-state index contributed by atoms with van der Waals surface area (Å²) in [5.74, 6) is 1.73. The average molecular weight is 1050 g/mol. The Kier molecular flexibility index (Phi) is 15.2. The first-order valence-corrected chi connectivity index (χ1v) is 24.9. The van der Waals surface area contributed by atoms with Crippen molar-refractivity contribution in [3.05, 3.63) is 251 Å². The summed E-state index contributed by atoms with van der Waals surface area (Å²) in [5.41, 5.74) is 7.28. The van der Waals surface area contributed by atoms with Crippen molar-refractivity contribution in [2.75, 3.05) is 0 Å². The number of fused-ring (bicyclic) bond motifs is 4. The largest absolute Gasteiger partial charge is 0.508 e. The van der Waals surface area contributed by atoms with Gasteiger partial charge in [-0.15, -0.1) is 0 Å². The number of hydrogen-bond donors (Lipinski definition) is 5. The van der Waals surface area contributed by atoms with Gasteiger partial charge < -0.3 is 43.2 Å². The first-order valence-electron chi connectivity index (χ1n) is 24.9. The van der Waals surface area contributed by atoms with Gasteiger partial charge in [-0.3, -0.25) is 0 Å². The van der Waals surface area contributed by atoms with Gasteiger partial charge in [0.15, 0.2) is 11.5 Å². The number of aromatic hydroxyl groups is 5. The van der Waals surface area contributed by atoms with Gasteiger partial charge in [-0.2, -0.15) is 0 Å². The maximum atomic E-state index is 12.1. The van der Waals surface area contributed by atoms with E-state index in [0.29, 0.717) is 44.6 Å². The van der Waals surface area contributed by atoms with Gasteiger partial charge in [0.2, 0.25) is 0 Å². The number of aryl methyl sites for hydroxylation is 6. The molecular weight excluding hydrogens is 1000 g/mol. The molecule has 13 heteroatoms. The summed E-state index contributed by atoms with van der Waals surface area (Å²) in [6.45, 7) is 11.5. The van der Waals surface area contributed by atoms with Crippen molar-refractivity contribution in [2.24, 2.45) is 0 Å². The van der Waals surface area contributed by atoms with Crippen LogP contribution in [-0.4, -0.2) is 25.5 Å². The molecule has 0 atom stereocenters. The maximum Gasteiger partial charge on any atom is 0.344 e. The van der Waals surface area contributed by atoms with Crippen LogP contribution in [0.1, 0.15) is 33.4 Å². The predicted octanol–water partition coefficient (Wildman–Crippen LogP) is 14.2. The zero-order chi connectivity index (χ0) is 56.2. The SMILES string of the molecule is Cc1cc2cc(-c3ccccc3C)oc(=O)c2cc1O.Cc1cccc(-c2cc3cc(C)c(O)cc3c(=O)o2)c1.Cc1ccccc1-c1cc2cc(O)c(O)cc2c(=O)o1.Cc1ccccc1-c1cc2ccc(O)cc2c(=O)o1. The summed E-state index contributed by atoms with van der Waals surface area (Å²) in [4.78, 5) is 48.1. The molecule has 0 saturated carbocycles. The van der Waals surface area contributed by atoms with Crippen LogP contribution in [0.15, 0.2) is 213 Å². The molecule has 394 valence electrons. The van der Waals surface area contributed by atoms with Crippen molar-refractivity contribution in [2.45, 2.75) is 41.5 Å². The smallest absolute Gasteiger partial charge is 0.344 e. The highest BCUT2D eigenvalue weighted by Crippen LogP contribution is 2.33. The first kappa shape index (κ1) is 53.4. The van der Waals surface area contributed by atoms with E-state index >= 15 is 0 Å². The third-order valence-corrected chi connectivity index (χ3v) is 13.3. The molecule has 0 amide bonds. The maximum absolute atomic E-state index is 12.1. The number of phenols is 5. The van der Waals surface area contributed by atoms with Crippen molar-refractivity contribution >= 4 is 43.1 Å². The molecule has 8 aromatic carbocycles. The minimum Gasteiger partial charge on any atom is -0.508 e. The molecule has 0 spiro atoms. The van der Waals surface area contributed by atoms with E-state index in [1.807, 2.05) is 143 Å². The molecule has 4 heterocycles. The summed E-state index contributed by atoms with van der Waals surface area (Å²) in [7, 11) is 0. The minimum absolute atomic E-state index is 0.0587. The summed E-state index contributed by atoms with van der Waals surface area (Å²) in [6, 6.07) is 51.7. The third kappa shape index (κ3) is 11.7. The van der Waals surface area contributed by atoms with Gasteiger partial charge in [0.25, 0.3) is 0 Å². The van der Waals surface area contributed by atoms with E-state index in [0.717, 1.165) is 71.8 Å². The first-order chi connectivity index (χ1) is 37.8. The Hall–Kier alpha value is -10.4. The second-order valence-corrected chi connectivity index (χ2v) is 19.1. The van der Waals surface area contributed by atoms with Gasteiger partial charge in [-0.25, -0.2) is 19.2 Å². The fraction of sp³-hybridized carbons (Fsp3) is 0.0909. The molecule has 79 heavy (non-hydrogen) atoms. The average Bonchev–Trinajstić information content (AvgIpc) is 3.42. The second kappa shape index (κ2) is 22.4. The van der Waals surface area contributed by atoms with Crippen molar-refractivity contribution in [3.63, 3.8) is 0 Å². The molecule has 0 bridgehead atoms. The van der Waals surface area contributed by atoms with E-state index in [-0.39, 0.29) is 34.1 Å². The number of benzene rings is 8. The van der Waals surface area contributed by atoms with Crippen molar-refractivity contribution in [1.82, 2.24) is 0 Å². The van der Waals surface area contributed by atoms with Crippen LogP contribution in [0.3, 0.4) is 0 Å². The zero-order valence-electron chi connectivity index (χ0n) is 43.7. The molecule has 12 rings (SSSR count). The lowest BCUT2D eigenvalue weighted by molar-refractivity contribution is 0.404. The van der Waals surface area contributed by atoms with Crippen LogP contribution in [0.25, 0.3) is 88.4 Å². The Bertz CT molecular complexity index is 4410. The van der Waals surface area contributed by atoms with Crippen LogP contribution in [0.4, 0.5) is 0 Å². The summed E-state index contributed by atoms with van der Waals surface area (Å²) < 4.78 is 21.4. The molecule has 0 aliphatic carbocycles. The highest BCUT2D eigenvalue weighted by Gasteiger charge is 2.15. The molecule has 0 saturated heterocycles. The minimum atomic E-state index is -0.545. The molecule has 0 aliphatic heterocycles. The van der Waals surface area contributed by atoms with E-state index < -0.39 is 22.5 Å². The van der Waals surface area contributed by atoms with E-state index in [2.05, 4.69) is 0 Å². The van der Waals surface area contributed by atoms with E-state index in [9.17, 15) is 44.7 Å². The van der Waals surface area contributed by atoms with Crippen LogP contribution >= 0.6 is 0 Å². The third-order valence-electron chi connectivity index (χ3n) is 13.3. The van der Waals surface area contributed by atoms with Gasteiger partial charge >= 0.3 is 22.5 Å². The molecule has 12 aromatic rings. The van der Waals surface area contributed by atoms with Crippen LogP contribution in [0.2, 0.25) is 0 Å². The van der Waals surface area contributed by atoms with Crippen molar-refractivity contribution < 1.29 is 43.2 Å². The lowest BCUT2D eigenvalue weighted by Crippen LogP contribution is -2.01. The van der Waals surface area contributed by atoms with Gasteiger partial charge in [0.05, 0.1) is 21.5 Å². The highest BCUT2D eigenvalue weighted by molar-refractivity contribution is 5.89. The summed E-state index contributed by atoms with van der Waals surface area (Å²) in [6.07, 6.45) is 0. The Morgan fingerprint density at radius 3 is 1.10 bits per heavy atom. The predicted molar refractivity (Wildman–Crippen MR) is 308 cm³/mol. The summed E-state index contributed by atoms with van der Waals surface area (Å²) >= 11 is 0. The standard InChI is InChI=1S/2C17H14O3.C16H12O4.C16H12O3/c1-10-4-3-5-12(6-10)16-8-13-7-11(2)15(18)9-14(13)17(19)20-16;1-10-5-3-4-6-13(10)16-8-12-7-11(2)15(18)9-14(12)17(19)20-16;1-9-4-2-3-5-11(9)15-7-10-6-13(17)14(18)8-12(10)16(19)20-15;1-10-4-2-3-5-13(10)15-8-11-6-7-12(17)9-14(11)16(18)19-15/h2*3-9,18H,1-2H3;2-8,17-18H,1H3;2-9,17H,1H3. The lowest BCUT2D eigenvalue weighted by Gasteiger charge is -2.07. The molecular formula is C66H52O13. The van der Waals surface area contributed by atoms with E-state index in [1.165, 1.54) is 30.3 Å². The highest BCUT2D eigenvalue weighted by atomic mass is 16.4. The van der Waals surface area contributed by atoms with Gasteiger partial charge in [-0.1, -0.05) is 103 Å².